The first-order valence-corrected chi connectivity index (χ1v) is 4.84. The lowest BCUT2D eigenvalue weighted by Crippen LogP contribution is -2.00. The molecule has 4 heteroatoms. The minimum absolute atomic E-state index is 0.0268. The number of hydrogen-bond donors (Lipinski definition) is 1. The van der Waals surface area contributed by atoms with Crippen molar-refractivity contribution in [3.8, 4) is 5.75 Å². The molecule has 0 saturated heterocycles. The molecular weight excluding hydrogens is 206 g/mol. The maximum atomic E-state index is 10.6. The van der Waals surface area contributed by atoms with Crippen molar-refractivity contribution in [2.45, 2.75) is 6.42 Å². The first-order chi connectivity index (χ1) is 7.70. The van der Waals surface area contributed by atoms with Crippen molar-refractivity contribution in [2.24, 2.45) is 0 Å². The molecule has 2 rings (SSSR count). The number of nitrogens with zero attached hydrogens (tertiary/aromatic N) is 1. The predicted molar refractivity (Wildman–Crippen MR) is 59.6 cm³/mol. The molecule has 0 unspecified atom stereocenters. The van der Waals surface area contributed by atoms with Crippen molar-refractivity contribution < 1.29 is 14.6 Å². The summed E-state index contributed by atoms with van der Waals surface area (Å²) in [5.74, 6) is -0.159. The average molecular weight is 217 g/mol. The van der Waals surface area contributed by atoms with Gasteiger partial charge in [-0.15, -0.1) is 0 Å². The van der Waals surface area contributed by atoms with E-state index in [4.69, 9.17) is 9.84 Å². The third-order valence-electron chi connectivity index (χ3n) is 2.32. The number of carboxylic acids is 1. The summed E-state index contributed by atoms with van der Waals surface area (Å²) >= 11 is 0. The summed E-state index contributed by atoms with van der Waals surface area (Å²) in [6.07, 6.45) is 1.55. The van der Waals surface area contributed by atoms with Crippen LogP contribution in [0.5, 0.6) is 5.75 Å². The summed E-state index contributed by atoms with van der Waals surface area (Å²) in [4.78, 5) is 14.8. The largest absolute Gasteiger partial charge is 0.496 e. The normalized spacial score (nSPS) is 10.3. The van der Waals surface area contributed by atoms with Gasteiger partial charge in [0.05, 0.1) is 19.0 Å². The zero-order valence-electron chi connectivity index (χ0n) is 8.80. The fraction of sp³-hybridized carbons (Fsp3) is 0.167. The smallest absolute Gasteiger partial charge is 0.307 e. The molecule has 0 radical (unpaired) electrons. The first kappa shape index (κ1) is 10.4. The summed E-state index contributed by atoms with van der Waals surface area (Å²) in [6.45, 7) is 0. The van der Waals surface area contributed by atoms with Crippen molar-refractivity contribution in [3.05, 3.63) is 36.0 Å². The number of rotatable bonds is 3. The van der Waals surface area contributed by atoms with E-state index in [0.717, 1.165) is 10.9 Å². The van der Waals surface area contributed by atoms with Gasteiger partial charge >= 0.3 is 5.97 Å². The molecule has 1 aromatic heterocycles. The first-order valence-electron chi connectivity index (χ1n) is 4.84. The number of aliphatic carboxylic acids is 1. The zero-order chi connectivity index (χ0) is 11.5. The fourth-order valence-corrected chi connectivity index (χ4v) is 1.61. The highest BCUT2D eigenvalue weighted by Crippen LogP contribution is 2.24. The van der Waals surface area contributed by atoms with Gasteiger partial charge in [0.2, 0.25) is 0 Å². The van der Waals surface area contributed by atoms with E-state index in [1.165, 1.54) is 0 Å². The Morgan fingerprint density at radius 3 is 3.00 bits per heavy atom. The molecule has 1 aromatic carbocycles. The molecule has 0 amide bonds. The van der Waals surface area contributed by atoms with Crippen molar-refractivity contribution in [3.63, 3.8) is 0 Å². The van der Waals surface area contributed by atoms with Crippen LogP contribution >= 0.6 is 0 Å². The molecule has 0 atom stereocenters. The highest BCUT2D eigenvalue weighted by atomic mass is 16.5. The third-order valence-corrected chi connectivity index (χ3v) is 2.32. The van der Waals surface area contributed by atoms with E-state index in [2.05, 4.69) is 4.98 Å². The van der Waals surface area contributed by atoms with Crippen LogP contribution in [0.3, 0.4) is 0 Å². The minimum Gasteiger partial charge on any atom is -0.496 e. The van der Waals surface area contributed by atoms with E-state index in [9.17, 15) is 4.79 Å². The van der Waals surface area contributed by atoms with Crippen LogP contribution in [0, 0.1) is 0 Å². The van der Waals surface area contributed by atoms with Crippen LogP contribution in [-0.4, -0.2) is 23.2 Å². The van der Waals surface area contributed by atoms with E-state index in [-0.39, 0.29) is 6.42 Å². The summed E-state index contributed by atoms with van der Waals surface area (Å²) in [7, 11) is 1.58. The second-order valence-corrected chi connectivity index (χ2v) is 3.44. The van der Waals surface area contributed by atoms with Gasteiger partial charge in [-0.05, 0) is 23.8 Å². The zero-order valence-corrected chi connectivity index (χ0v) is 8.80. The monoisotopic (exact) mass is 217 g/mol. The van der Waals surface area contributed by atoms with Crippen LogP contribution < -0.4 is 4.74 Å². The molecule has 0 bridgehead atoms. The van der Waals surface area contributed by atoms with E-state index < -0.39 is 5.97 Å². The van der Waals surface area contributed by atoms with Gasteiger partial charge in [0.1, 0.15) is 5.75 Å². The van der Waals surface area contributed by atoms with Crippen LogP contribution in [0.2, 0.25) is 0 Å². The van der Waals surface area contributed by atoms with Crippen LogP contribution in [0.15, 0.2) is 30.5 Å². The average Bonchev–Trinajstić information content (AvgIpc) is 2.27. The quantitative estimate of drug-likeness (QED) is 0.852. The maximum Gasteiger partial charge on any atom is 0.307 e. The number of methoxy groups -OCH3 is 1. The molecule has 0 spiro atoms. The topological polar surface area (TPSA) is 59.4 Å². The van der Waals surface area contributed by atoms with E-state index >= 15 is 0 Å². The number of aromatic nitrogens is 1. The molecule has 2 aromatic rings. The predicted octanol–water partition coefficient (Wildman–Crippen LogP) is 1.87. The van der Waals surface area contributed by atoms with E-state index in [1.807, 2.05) is 18.2 Å². The van der Waals surface area contributed by atoms with Crippen LogP contribution in [0.4, 0.5) is 0 Å². The Morgan fingerprint density at radius 1 is 1.50 bits per heavy atom. The van der Waals surface area contributed by atoms with Crippen LogP contribution in [-0.2, 0) is 11.2 Å². The van der Waals surface area contributed by atoms with Gasteiger partial charge in [0.25, 0.3) is 0 Å². The number of benzene rings is 1. The Balaban J connectivity index is 2.54. The van der Waals surface area contributed by atoms with Crippen molar-refractivity contribution in [1.82, 2.24) is 4.98 Å². The Labute approximate surface area is 92.5 Å². The molecule has 1 N–H and O–H groups in total. The second-order valence-electron chi connectivity index (χ2n) is 3.44. The van der Waals surface area contributed by atoms with Gasteiger partial charge in [-0.1, -0.05) is 6.07 Å². The molecule has 4 nitrogen and oxygen atoms in total. The summed E-state index contributed by atoms with van der Waals surface area (Å²) < 4.78 is 5.20. The standard InChI is InChI=1S/C12H11NO3/c1-16-11-4-2-3-10-9(11)5-8(7-13-10)6-12(14)15/h2-5,7H,6H2,1H3,(H,14,15). The van der Waals surface area contributed by atoms with Crippen molar-refractivity contribution >= 4 is 16.9 Å². The lowest BCUT2D eigenvalue weighted by Gasteiger charge is -2.05. The van der Waals surface area contributed by atoms with E-state index in [1.54, 1.807) is 19.4 Å². The molecular formula is C12H11NO3. The minimum atomic E-state index is -0.865. The summed E-state index contributed by atoms with van der Waals surface area (Å²) in [5, 5.41) is 9.54. The van der Waals surface area contributed by atoms with Crippen molar-refractivity contribution in [1.29, 1.82) is 0 Å². The number of fused-ring (bicyclic) bond motifs is 1. The number of pyridine rings is 1. The van der Waals surface area contributed by atoms with Crippen LogP contribution in [0.1, 0.15) is 5.56 Å². The molecule has 82 valence electrons. The van der Waals surface area contributed by atoms with E-state index in [0.29, 0.717) is 11.3 Å². The third kappa shape index (κ3) is 1.95. The lowest BCUT2D eigenvalue weighted by molar-refractivity contribution is -0.136. The van der Waals surface area contributed by atoms with Gasteiger partial charge < -0.3 is 9.84 Å². The van der Waals surface area contributed by atoms with Gasteiger partial charge in [-0.3, -0.25) is 9.78 Å². The van der Waals surface area contributed by atoms with Crippen molar-refractivity contribution in [2.75, 3.05) is 7.11 Å². The summed E-state index contributed by atoms with van der Waals surface area (Å²) in [6, 6.07) is 7.34. The SMILES string of the molecule is COc1cccc2ncc(CC(=O)O)cc12. The Kier molecular flexibility index (Phi) is 2.72. The van der Waals surface area contributed by atoms with Crippen LogP contribution in [0.25, 0.3) is 10.9 Å². The number of carboxylic acid groups (broad SMARTS) is 1. The number of carbonyl (C=O) groups is 1. The molecule has 0 aliphatic heterocycles. The van der Waals surface area contributed by atoms with Gasteiger partial charge in [0, 0.05) is 11.6 Å². The molecule has 0 aliphatic rings. The molecule has 1 heterocycles. The molecule has 0 saturated carbocycles. The maximum absolute atomic E-state index is 10.6. The molecule has 0 fully saturated rings. The number of ether oxygens (including phenoxy) is 1. The Hall–Kier alpha value is -2.10. The summed E-state index contributed by atoms with van der Waals surface area (Å²) in [5.41, 5.74) is 1.47. The highest BCUT2D eigenvalue weighted by molar-refractivity contribution is 5.86. The molecule has 0 aliphatic carbocycles. The number of hydrogen-bond acceptors (Lipinski definition) is 3. The molecule has 16 heavy (non-hydrogen) atoms. The van der Waals surface area contributed by atoms with Gasteiger partial charge in [0.15, 0.2) is 0 Å². The Morgan fingerprint density at radius 2 is 2.31 bits per heavy atom. The second kappa shape index (κ2) is 4.18. The van der Waals surface area contributed by atoms with Gasteiger partial charge in [-0.2, -0.15) is 0 Å². The lowest BCUT2D eigenvalue weighted by atomic mass is 10.1. The highest BCUT2D eigenvalue weighted by Gasteiger charge is 2.05. The fourth-order valence-electron chi connectivity index (χ4n) is 1.61. The van der Waals surface area contributed by atoms with Gasteiger partial charge in [-0.25, -0.2) is 0 Å². The Bertz CT molecular complexity index is 537.